The third-order valence-electron chi connectivity index (χ3n) is 15.2. The molecule has 0 saturated heterocycles. The molecule has 0 radical (unpaired) electrons. The van der Waals surface area contributed by atoms with Gasteiger partial charge in [0.15, 0.2) is 11.6 Å². The van der Waals surface area contributed by atoms with Gasteiger partial charge in [-0.2, -0.15) is 0 Å². The summed E-state index contributed by atoms with van der Waals surface area (Å²) < 4.78 is 17.1. The minimum absolute atomic E-state index is 0.0143. The first-order valence-corrected chi connectivity index (χ1v) is 27.0. The van der Waals surface area contributed by atoms with Crippen LogP contribution in [-0.2, 0) is 32.2 Å². The summed E-state index contributed by atoms with van der Waals surface area (Å²) in [4.78, 5) is 50.7. The first-order valence-electron chi connectivity index (χ1n) is 27.0. The number of oxime groups is 1. The van der Waals surface area contributed by atoms with E-state index in [1.54, 1.807) is 0 Å². The van der Waals surface area contributed by atoms with Crippen molar-refractivity contribution < 1.29 is 28.7 Å². The van der Waals surface area contributed by atoms with E-state index in [2.05, 4.69) is 107 Å². The van der Waals surface area contributed by atoms with Crippen LogP contribution in [0.15, 0.2) is 156 Å². The SMILES string of the molecule is C/N=C(/c1ccc2c(c1)c1cc(C(=O)c3c(C)cc(C)cc3C)ccc1n2CCOCCOCCn1c2ccc(C(=O)c3c(C)cc(C)cc3C)cc2c2cc(/C(=N/OC(C)=O)c3ccccc3C)ccc21)c1ccccc1C. The lowest BCUT2D eigenvalue weighted by Gasteiger charge is -2.12. The van der Waals surface area contributed by atoms with Gasteiger partial charge in [0.05, 0.1) is 32.1 Å². The lowest BCUT2D eigenvalue weighted by molar-refractivity contribution is -0.140. The lowest BCUT2D eigenvalue weighted by Crippen LogP contribution is -2.12. The van der Waals surface area contributed by atoms with E-state index in [1.165, 1.54) is 6.92 Å². The summed E-state index contributed by atoms with van der Waals surface area (Å²) in [6, 6.07) is 49.1. The molecule has 0 N–H and O–H groups in total. The van der Waals surface area contributed by atoms with E-state index in [0.717, 1.165) is 122 Å². The van der Waals surface area contributed by atoms with E-state index in [1.807, 2.05) is 115 Å². The second kappa shape index (κ2) is 22.8. The van der Waals surface area contributed by atoms with E-state index in [9.17, 15) is 14.4 Å². The number of rotatable bonds is 18. The van der Waals surface area contributed by atoms with Crippen molar-refractivity contribution in [1.82, 2.24) is 9.13 Å². The molecule has 0 amide bonds. The molecule has 0 aliphatic heterocycles. The summed E-state index contributed by atoms with van der Waals surface area (Å²) in [6.07, 6.45) is 0. The number of nitrogens with zero attached hydrogens (tertiary/aromatic N) is 4. The number of aliphatic imine (C=N–C) groups is 1. The highest BCUT2D eigenvalue weighted by Crippen LogP contribution is 2.35. The van der Waals surface area contributed by atoms with E-state index < -0.39 is 5.97 Å². The van der Waals surface area contributed by atoms with Gasteiger partial charge in [-0.1, -0.05) is 101 Å². The maximum absolute atomic E-state index is 14.3. The molecule has 0 aliphatic carbocycles. The Hall–Kier alpha value is -8.57. The van der Waals surface area contributed by atoms with Crippen molar-refractivity contribution in [2.45, 2.75) is 75.4 Å². The Labute approximate surface area is 462 Å². The maximum atomic E-state index is 14.3. The van der Waals surface area contributed by atoms with Gasteiger partial charge in [-0.15, -0.1) is 0 Å². The zero-order valence-corrected chi connectivity index (χ0v) is 46.8. The van der Waals surface area contributed by atoms with Crippen molar-refractivity contribution >= 4 is 72.6 Å². The Kier molecular flexibility index (Phi) is 15.5. The van der Waals surface area contributed by atoms with Crippen LogP contribution in [0, 0.1) is 55.4 Å². The van der Waals surface area contributed by atoms with Gasteiger partial charge in [0.1, 0.15) is 5.71 Å². The molecule has 0 bridgehead atoms. The van der Waals surface area contributed by atoms with Gasteiger partial charge in [0.25, 0.3) is 0 Å². The summed E-state index contributed by atoms with van der Waals surface area (Å²) in [6.45, 7) is 20.3. The topological polar surface area (TPSA) is 113 Å². The smallest absolute Gasteiger partial charge is 0.332 e. The number of hydrogen-bond acceptors (Lipinski definition) is 8. The molecule has 0 atom stereocenters. The van der Waals surface area contributed by atoms with Crippen molar-refractivity contribution in [3.05, 3.63) is 235 Å². The van der Waals surface area contributed by atoms with Crippen molar-refractivity contribution in [2.75, 3.05) is 33.5 Å². The number of aromatic nitrogens is 2. The zero-order chi connectivity index (χ0) is 55.6. The van der Waals surface area contributed by atoms with Crippen LogP contribution in [0.5, 0.6) is 0 Å². The fraction of sp³-hybridized carbons (Fsp3) is 0.232. The van der Waals surface area contributed by atoms with Crippen LogP contribution in [0.1, 0.15) is 106 Å². The average molecular weight is 1050 g/mol. The highest BCUT2D eigenvalue weighted by Gasteiger charge is 2.23. The van der Waals surface area contributed by atoms with Crippen LogP contribution in [0.3, 0.4) is 0 Å². The number of fused-ring (bicyclic) bond motifs is 6. The van der Waals surface area contributed by atoms with Gasteiger partial charge >= 0.3 is 5.97 Å². The van der Waals surface area contributed by atoms with Crippen LogP contribution >= 0.6 is 0 Å². The Morgan fingerprint density at radius 1 is 0.418 bits per heavy atom. The van der Waals surface area contributed by atoms with Gasteiger partial charge in [0.2, 0.25) is 0 Å². The average Bonchev–Trinajstić information content (AvgIpc) is 4.14. The monoisotopic (exact) mass is 1050 g/mol. The number of ketones is 2. The standard InChI is InChI=1S/C69H66N4O6/c1-41-33-45(5)64(46(6)34-41)68(75)52-21-25-62-58(39-52)56-37-50(66(70-10)54-17-13-11-15-43(54)3)19-23-60(56)72(62)27-29-77-31-32-78-30-28-73-61-24-20-51(67(71-79-49(9)74)55-18-14-12-16-44(55)4)38-57(61)59-40-53(22-26-63(59)73)69(76)65-47(7)35-42(2)36-48(65)8/h11-26,33-40H,27-32H2,1-10H3/b70-66-,71-67-. The largest absolute Gasteiger partial charge is 0.377 e. The molecule has 10 aromatic rings. The fourth-order valence-electron chi connectivity index (χ4n) is 11.7. The third-order valence-corrected chi connectivity index (χ3v) is 15.2. The van der Waals surface area contributed by atoms with Crippen LogP contribution in [0.4, 0.5) is 0 Å². The Morgan fingerprint density at radius 3 is 1.15 bits per heavy atom. The molecule has 79 heavy (non-hydrogen) atoms. The number of ether oxygens (including phenoxy) is 2. The highest BCUT2D eigenvalue weighted by molar-refractivity contribution is 6.21. The van der Waals surface area contributed by atoms with Crippen molar-refractivity contribution in [1.29, 1.82) is 0 Å². The number of hydrogen-bond donors (Lipinski definition) is 0. The first kappa shape index (κ1) is 53.8. The van der Waals surface area contributed by atoms with Crippen LogP contribution in [-0.4, -0.2) is 71.6 Å². The summed E-state index contributed by atoms with van der Waals surface area (Å²) in [7, 11) is 1.84. The van der Waals surface area contributed by atoms with Crippen LogP contribution in [0.25, 0.3) is 43.6 Å². The molecule has 2 heterocycles. The Bertz CT molecular complexity index is 4090. The van der Waals surface area contributed by atoms with Gasteiger partial charge in [-0.3, -0.25) is 14.6 Å². The first-order chi connectivity index (χ1) is 38.1. The van der Waals surface area contributed by atoms with Crippen LogP contribution < -0.4 is 0 Å². The molecule has 0 aliphatic rings. The van der Waals surface area contributed by atoms with Crippen molar-refractivity contribution in [3.63, 3.8) is 0 Å². The lowest BCUT2D eigenvalue weighted by atomic mass is 9.92. The molecule has 0 saturated carbocycles. The Morgan fingerprint density at radius 2 is 0.772 bits per heavy atom. The summed E-state index contributed by atoms with van der Waals surface area (Å²) in [5.41, 5.74) is 20.1. The second-order valence-electron chi connectivity index (χ2n) is 20.9. The Balaban J connectivity index is 0.892. The summed E-state index contributed by atoms with van der Waals surface area (Å²) >= 11 is 0. The van der Waals surface area contributed by atoms with Gasteiger partial charge < -0.3 is 23.4 Å². The predicted molar refractivity (Wildman–Crippen MR) is 320 cm³/mol. The molecule has 10 rings (SSSR count). The molecule has 0 fully saturated rings. The summed E-state index contributed by atoms with van der Waals surface area (Å²) in [5.74, 6) is -0.526. The number of carbonyl (C=O) groups is 3. The molecule has 10 nitrogen and oxygen atoms in total. The molecule has 10 heteroatoms. The predicted octanol–water partition coefficient (Wildman–Crippen LogP) is 14.3. The van der Waals surface area contributed by atoms with Gasteiger partial charge in [-0.25, -0.2) is 4.79 Å². The normalized spacial score (nSPS) is 12.1. The van der Waals surface area contributed by atoms with E-state index >= 15 is 0 Å². The zero-order valence-electron chi connectivity index (χ0n) is 46.8. The minimum Gasteiger partial charge on any atom is -0.377 e. The van der Waals surface area contributed by atoms with E-state index in [0.29, 0.717) is 61.9 Å². The quantitative estimate of drug-likeness (QED) is 0.0278. The van der Waals surface area contributed by atoms with Crippen molar-refractivity contribution in [3.8, 4) is 0 Å². The molecular formula is C69H66N4O6. The van der Waals surface area contributed by atoms with E-state index in [4.69, 9.17) is 19.3 Å². The number of aryl methyl sites for hydroxylation is 8. The molecule has 0 unspecified atom stereocenters. The molecule has 8 aromatic carbocycles. The van der Waals surface area contributed by atoms with E-state index in [-0.39, 0.29) is 11.6 Å². The van der Waals surface area contributed by atoms with Gasteiger partial charge in [0, 0.05) is 115 Å². The molecular weight excluding hydrogens is 981 g/mol. The minimum atomic E-state index is -0.514. The number of benzene rings is 8. The second-order valence-corrected chi connectivity index (χ2v) is 20.9. The fourth-order valence-corrected chi connectivity index (χ4v) is 11.7. The van der Waals surface area contributed by atoms with Crippen molar-refractivity contribution in [2.24, 2.45) is 10.1 Å². The molecule has 398 valence electrons. The molecule has 0 spiro atoms. The number of carbonyl (C=O) groups excluding carboxylic acids is 3. The highest BCUT2D eigenvalue weighted by atomic mass is 16.7. The van der Waals surface area contributed by atoms with Gasteiger partial charge in [-0.05, 0) is 149 Å². The third kappa shape index (κ3) is 10.7. The molecule has 2 aromatic heterocycles. The maximum Gasteiger partial charge on any atom is 0.332 e. The summed E-state index contributed by atoms with van der Waals surface area (Å²) in [5, 5.41) is 8.25. The van der Waals surface area contributed by atoms with Crippen LogP contribution in [0.2, 0.25) is 0 Å².